The smallest absolute Gasteiger partial charge is 0.322 e. The van der Waals surface area contributed by atoms with Gasteiger partial charge in [0.1, 0.15) is 6.54 Å². The van der Waals surface area contributed by atoms with Crippen molar-refractivity contribution in [2.75, 3.05) is 19.6 Å². The van der Waals surface area contributed by atoms with Gasteiger partial charge in [0.2, 0.25) is 5.91 Å². The van der Waals surface area contributed by atoms with E-state index in [9.17, 15) is 14.4 Å². The minimum absolute atomic E-state index is 0.274. The predicted molar refractivity (Wildman–Crippen MR) is 64.3 cm³/mol. The van der Waals surface area contributed by atoms with Gasteiger partial charge in [-0.25, -0.2) is 9.78 Å². The first-order chi connectivity index (χ1) is 9.08. The topological polar surface area (TPSA) is 125 Å². The largest absolute Gasteiger partial charge is 0.480 e. The molecule has 3 amide bonds. The van der Waals surface area contributed by atoms with E-state index in [2.05, 4.69) is 20.9 Å². The molecular formula is C10H15N5O4. The molecule has 0 aliphatic rings. The second kappa shape index (κ2) is 7.69. The van der Waals surface area contributed by atoms with Crippen LogP contribution in [0.1, 0.15) is 0 Å². The molecule has 104 valence electrons. The molecule has 9 heteroatoms. The van der Waals surface area contributed by atoms with Crippen molar-refractivity contribution in [3.05, 3.63) is 18.7 Å². The number of hydrogen-bond donors (Lipinski definition) is 4. The molecule has 0 aliphatic carbocycles. The molecule has 0 unspecified atom stereocenters. The van der Waals surface area contributed by atoms with E-state index in [1.54, 1.807) is 23.3 Å². The third-order valence-corrected chi connectivity index (χ3v) is 2.06. The fourth-order valence-electron chi connectivity index (χ4n) is 1.18. The van der Waals surface area contributed by atoms with Crippen LogP contribution >= 0.6 is 0 Å². The maximum absolute atomic E-state index is 11.3. The van der Waals surface area contributed by atoms with Crippen LogP contribution in [0, 0.1) is 0 Å². The highest BCUT2D eigenvalue weighted by Crippen LogP contribution is 1.83. The van der Waals surface area contributed by atoms with Crippen LogP contribution in [0.2, 0.25) is 0 Å². The summed E-state index contributed by atoms with van der Waals surface area (Å²) < 4.78 is 1.79. The SMILES string of the molecule is O=C(O)CNC(=O)CNC(=O)NCCn1ccnc1. The van der Waals surface area contributed by atoms with Gasteiger partial charge in [0.15, 0.2) is 0 Å². The Morgan fingerprint density at radius 3 is 2.58 bits per heavy atom. The van der Waals surface area contributed by atoms with E-state index in [-0.39, 0.29) is 6.54 Å². The molecular weight excluding hydrogens is 254 g/mol. The number of aromatic nitrogens is 2. The third kappa shape index (κ3) is 6.66. The number of aliphatic carboxylic acids is 1. The number of carbonyl (C=O) groups excluding carboxylic acids is 2. The molecule has 1 aromatic heterocycles. The minimum atomic E-state index is -1.14. The van der Waals surface area contributed by atoms with E-state index in [1.807, 2.05) is 0 Å². The van der Waals surface area contributed by atoms with Gasteiger partial charge >= 0.3 is 12.0 Å². The summed E-state index contributed by atoms with van der Waals surface area (Å²) in [5, 5.41) is 15.3. The van der Waals surface area contributed by atoms with Crippen LogP contribution in [0.3, 0.4) is 0 Å². The number of carboxylic acids is 1. The van der Waals surface area contributed by atoms with Gasteiger partial charge < -0.3 is 25.6 Å². The molecule has 1 aromatic rings. The standard InChI is InChI=1S/C10H15N5O4/c16-8(13-6-9(17)18)5-14-10(19)12-2-4-15-3-1-11-7-15/h1,3,7H,2,4-6H2,(H,13,16)(H,17,18)(H2,12,14,19). The zero-order valence-electron chi connectivity index (χ0n) is 10.1. The summed E-state index contributed by atoms with van der Waals surface area (Å²) in [5.74, 6) is -1.70. The van der Waals surface area contributed by atoms with Gasteiger partial charge in [-0.1, -0.05) is 0 Å². The number of rotatable bonds is 7. The molecule has 0 spiro atoms. The van der Waals surface area contributed by atoms with Crippen LogP contribution < -0.4 is 16.0 Å². The van der Waals surface area contributed by atoms with Crippen LogP contribution in [-0.4, -0.2) is 52.2 Å². The lowest BCUT2D eigenvalue weighted by molar-refractivity contribution is -0.137. The van der Waals surface area contributed by atoms with Crippen molar-refractivity contribution < 1.29 is 19.5 Å². The quantitative estimate of drug-likeness (QED) is 0.473. The van der Waals surface area contributed by atoms with E-state index in [4.69, 9.17) is 5.11 Å². The third-order valence-electron chi connectivity index (χ3n) is 2.06. The van der Waals surface area contributed by atoms with Gasteiger partial charge in [0, 0.05) is 25.5 Å². The maximum atomic E-state index is 11.3. The maximum Gasteiger partial charge on any atom is 0.322 e. The number of hydrogen-bond acceptors (Lipinski definition) is 4. The summed E-state index contributed by atoms with van der Waals surface area (Å²) in [7, 11) is 0. The Morgan fingerprint density at radius 1 is 1.16 bits per heavy atom. The lowest BCUT2D eigenvalue weighted by Crippen LogP contribution is -2.43. The molecule has 0 bridgehead atoms. The highest BCUT2D eigenvalue weighted by atomic mass is 16.4. The Balaban J connectivity index is 2.07. The summed E-state index contributed by atoms with van der Waals surface area (Å²) in [6, 6.07) is -0.495. The number of carboxylic acid groups (broad SMARTS) is 1. The summed E-state index contributed by atoms with van der Waals surface area (Å²) in [4.78, 5) is 36.4. The Morgan fingerprint density at radius 2 is 1.95 bits per heavy atom. The molecule has 9 nitrogen and oxygen atoms in total. The molecule has 1 rings (SSSR count). The molecule has 4 N–H and O–H groups in total. The Labute approximate surface area is 109 Å². The molecule has 0 fully saturated rings. The van der Waals surface area contributed by atoms with Crippen LogP contribution in [0.25, 0.3) is 0 Å². The highest BCUT2D eigenvalue weighted by Gasteiger charge is 2.05. The summed E-state index contributed by atoms with van der Waals surface area (Å²) in [6.07, 6.45) is 5.02. The van der Waals surface area contributed by atoms with Crippen LogP contribution in [0.4, 0.5) is 4.79 Å². The predicted octanol–water partition coefficient (Wildman–Crippen LogP) is -1.62. The van der Waals surface area contributed by atoms with Gasteiger partial charge in [0.25, 0.3) is 0 Å². The van der Waals surface area contributed by atoms with Gasteiger partial charge in [-0.3, -0.25) is 9.59 Å². The van der Waals surface area contributed by atoms with Gasteiger partial charge in [-0.15, -0.1) is 0 Å². The van der Waals surface area contributed by atoms with Crippen molar-refractivity contribution in [3.63, 3.8) is 0 Å². The lowest BCUT2D eigenvalue weighted by atomic mass is 10.5. The van der Waals surface area contributed by atoms with Gasteiger partial charge in [-0.05, 0) is 0 Å². The highest BCUT2D eigenvalue weighted by molar-refractivity contribution is 5.86. The first kappa shape index (κ1) is 14.5. The second-order valence-electron chi connectivity index (χ2n) is 3.58. The molecule has 0 aromatic carbocycles. The zero-order chi connectivity index (χ0) is 14.1. The van der Waals surface area contributed by atoms with Crippen molar-refractivity contribution in [2.45, 2.75) is 6.54 Å². The normalized spacial score (nSPS) is 9.68. The Hall–Kier alpha value is -2.58. The molecule has 0 atom stereocenters. The minimum Gasteiger partial charge on any atom is -0.480 e. The number of carbonyl (C=O) groups is 3. The molecule has 0 radical (unpaired) electrons. The molecule has 0 saturated heterocycles. The van der Waals surface area contributed by atoms with E-state index < -0.39 is 24.5 Å². The first-order valence-electron chi connectivity index (χ1n) is 5.54. The van der Waals surface area contributed by atoms with Crippen molar-refractivity contribution in [1.82, 2.24) is 25.5 Å². The molecule has 19 heavy (non-hydrogen) atoms. The first-order valence-corrected chi connectivity index (χ1v) is 5.54. The monoisotopic (exact) mass is 269 g/mol. The van der Waals surface area contributed by atoms with E-state index >= 15 is 0 Å². The zero-order valence-corrected chi connectivity index (χ0v) is 10.1. The Kier molecular flexibility index (Phi) is 5.86. The number of amides is 3. The summed E-state index contributed by atoms with van der Waals surface area (Å²) in [6.45, 7) is 0.213. The number of urea groups is 1. The molecule has 0 saturated carbocycles. The number of imidazole rings is 1. The van der Waals surface area contributed by atoms with Crippen LogP contribution in [0.5, 0.6) is 0 Å². The lowest BCUT2D eigenvalue weighted by Gasteiger charge is -2.07. The summed E-state index contributed by atoms with van der Waals surface area (Å²) in [5.41, 5.74) is 0. The van der Waals surface area contributed by atoms with Crippen molar-refractivity contribution in [2.24, 2.45) is 0 Å². The number of nitrogens with one attached hydrogen (secondary N) is 3. The van der Waals surface area contributed by atoms with Crippen molar-refractivity contribution in [1.29, 1.82) is 0 Å². The van der Waals surface area contributed by atoms with E-state index in [1.165, 1.54) is 0 Å². The van der Waals surface area contributed by atoms with Gasteiger partial charge in [0.05, 0.1) is 12.9 Å². The molecule has 0 aliphatic heterocycles. The number of nitrogens with zero attached hydrogens (tertiary/aromatic N) is 2. The summed E-state index contributed by atoms with van der Waals surface area (Å²) >= 11 is 0. The fourth-order valence-corrected chi connectivity index (χ4v) is 1.18. The van der Waals surface area contributed by atoms with E-state index in [0.717, 1.165) is 0 Å². The molecule has 1 heterocycles. The fraction of sp³-hybridized carbons (Fsp3) is 0.400. The average Bonchev–Trinajstić information content (AvgIpc) is 2.87. The average molecular weight is 269 g/mol. The van der Waals surface area contributed by atoms with Crippen molar-refractivity contribution >= 4 is 17.9 Å². The van der Waals surface area contributed by atoms with Crippen LogP contribution in [0.15, 0.2) is 18.7 Å². The van der Waals surface area contributed by atoms with Crippen molar-refractivity contribution in [3.8, 4) is 0 Å². The van der Waals surface area contributed by atoms with E-state index in [0.29, 0.717) is 13.1 Å². The van der Waals surface area contributed by atoms with Gasteiger partial charge in [-0.2, -0.15) is 0 Å². The Bertz CT molecular complexity index is 431. The second-order valence-corrected chi connectivity index (χ2v) is 3.58. The van der Waals surface area contributed by atoms with Crippen LogP contribution in [-0.2, 0) is 16.1 Å².